The Kier molecular flexibility index (Phi) is 4.61. The Bertz CT molecular complexity index is 700. The molecule has 1 aromatic carbocycles. The Hall–Kier alpha value is -2.32. The number of hydrogen-bond donors (Lipinski definition) is 0. The van der Waals surface area contributed by atoms with Gasteiger partial charge < -0.3 is 9.47 Å². The maximum absolute atomic E-state index is 12.5. The summed E-state index contributed by atoms with van der Waals surface area (Å²) in [5.41, 5.74) is 1.50. The van der Waals surface area contributed by atoms with Crippen LogP contribution in [0.3, 0.4) is 0 Å². The average molecular weight is 301 g/mol. The zero-order valence-corrected chi connectivity index (χ0v) is 12.9. The lowest BCUT2D eigenvalue weighted by Gasteiger charge is -2.12. The maximum atomic E-state index is 12.5. The average Bonchev–Trinajstić information content (AvgIpc) is 2.93. The number of carbonyl (C=O) groups excluding carboxylic acids is 1. The van der Waals surface area contributed by atoms with Crippen molar-refractivity contribution in [3.63, 3.8) is 0 Å². The summed E-state index contributed by atoms with van der Waals surface area (Å²) in [6.07, 6.45) is 0. The van der Waals surface area contributed by atoms with Crippen LogP contribution in [0.25, 0.3) is 0 Å². The van der Waals surface area contributed by atoms with E-state index >= 15 is 0 Å². The molecule has 1 aromatic heterocycles. The Balaban J connectivity index is 2.41. The molecule has 2 aromatic rings. The third-order valence-electron chi connectivity index (χ3n) is 3.22. The Morgan fingerprint density at radius 2 is 1.95 bits per heavy atom. The van der Waals surface area contributed by atoms with Crippen molar-refractivity contribution >= 4 is 17.1 Å². The van der Waals surface area contributed by atoms with Crippen molar-refractivity contribution in [3.8, 4) is 17.6 Å². The smallest absolute Gasteiger partial charge is 0.194 e. The normalized spacial score (nSPS) is 11.5. The first-order chi connectivity index (χ1) is 10.1. The van der Waals surface area contributed by atoms with Gasteiger partial charge in [-0.2, -0.15) is 5.26 Å². The van der Waals surface area contributed by atoms with Crippen LogP contribution < -0.4 is 9.47 Å². The molecule has 0 saturated carbocycles. The van der Waals surface area contributed by atoms with Gasteiger partial charge in [-0.25, -0.2) is 0 Å². The number of thiophene rings is 1. The van der Waals surface area contributed by atoms with Gasteiger partial charge in [-0.15, -0.1) is 11.3 Å². The molecule has 1 unspecified atom stereocenters. The van der Waals surface area contributed by atoms with E-state index in [2.05, 4.69) is 6.07 Å². The molecule has 0 aliphatic carbocycles. The number of nitriles is 1. The molecule has 2 rings (SSSR count). The summed E-state index contributed by atoms with van der Waals surface area (Å²) in [6, 6.07) is 9.05. The molecular weight excluding hydrogens is 286 g/mol. The lowest BCUT2D eigenvalue weighted by atomic mass is 9.94. The number of ether oxygens (including phenoxy) is 2. The number of ketones is 1. The van der Waals surface area contributed by atoms with E-state index in [1.54, 1.807) is 25.3 Å². The van der Waals surface area contributed by atoms with E-state index in [1.807, 2.05) is 18.4 Å². The molecule has 0 spiro atoms. The summed E-state index contributed by atoms with van der Waals surface area (Å²) in [6.45, 7) is 1.87. The van der Waals surface area contributed by atoms with Gasteiger partial charge in [0, 0.05) is 0 Å². The van der Waals surface area contributed by atoms with Gasteiger partial charge in [0.15, 0.2) is 17.3 Å². The first-order valence-corrected chi connectivity index (χ1v) is 7.20. The van der Waals surface area contributed by atoms with E-state index in [0.29, 0.717) is 21.9 Å². The Labute approximate surface area is 127 Å². The number of rotatable bonds is 5. The summed E-state index contributed by atoms with van der Waals surface area (Å²) >= 11 is 1.36. The minimum atomic E-state index is -0.845. The number of Topliss-reactive ketones (excluding diaryl/α,β-unsaturated/α-hetero) is 1. The molecule has 0 fully saturated rings. The van der Waals surface area contributed by atoms with Crippen LogP contribution in [0.5, 0.6) is 11.5 Å². The minimum Gasteiger partial charge on any atom is -0.493 e. The summed E-state index contributed by atoms with van der Waals surface area (Å²) in [5, 5.41) is 11.2. The molecule has 0 N–H and O–H groups in total. The lowest BCUT2D eigenvalue weighted by molar-refractivity contribution is 0.0982. The van der Waals surface area contributed by atoms with Crippen molar-refractivity contribution in [2.75, 3.05) is 14.2 Å². The molecule has 0 amide bonds. The van der Waals surface area contributed by atoms with Crippen LogP contribution in [0.2, 0.25) is 0 Å². The summed E-state index contributed by atoms with van der Waals surface area (Å²) in [5.74, 6) is 0.0445. The Morgan fingerprint density at radius 1 is 1.24 bits per heavy atom. The third kappa shape index (κ3) is 2.91. The van der Waals surface area contributed by atoms with Gasteiger partial charge in [-0.3, -0.25) is 4.79 Å². The second-order valence-corrected chi connectivity index (χ2v) is 5.39. The standard InChI is InChI=1S/C16H15NO3S/c1-10-6-7-21-16(10)15(18)12(9-17)11-4-5-13(19-2)14(8-11)20-3/h4-8,12H,1-3H3. The number of methoxy groups -OCH3 is 2. The monoisotopic (exact) mass is 301 g/mol. The van der Waals surface area contributed by atoms with Gasteiger partial charge in [0.1, 0.15) is 5.92 Å². The second-order valence-electron chi connectivity index (χ2n) is 4.47. The zero-order chi connectivity index (χ0) is 15.4. The van der Waals surface area contributed by atoms with Gasteiger partial charge in [-0.05, 0) is 41.6 Å². The number of benzene rings is 1. The largest absolute Gasteiger partial charge is 0.493 e. The molecule has 0 aliphatic heterocycles. The molecule has 4 nitrogen and oxygen atoms in total. The minimum absolute atomic E-state index is 0.183. The predicted octanol–water partition coefficient (Wildman–Crippen LogP) is 3.56. The highest BCUT2D eigenvalue weighted by Crippen LogP contribution is 2.32. The van der Waals surface area contributed by atoms with Crippen molar-refractivity contribution in [1.82, 2.24) is 0 Å². The summed E-state index contributed by atoms with van der Waals surface area (Å²) in [7, 11) is 3.06. The maximum Gasteiger partial charge on any atom is 0.194 e. The quantitative estimate of drug-likeness (QED) is 0.792. The summed E-state index contributed by atoms with van der Waals surface area (Å²) in [4.78, 5) is 13.1. The SMILES string of the molecule is COc1ccc(C(C#N)C(=O)c2sccc2C)cc1OC. The predicted molar refractivity (Wildman–Crippen MR) is 81.3 cm³/mol. The van der Waals surface area contributed by atoms with Crippen molar-refractivity contribution < 1.29 is 14.3 Å². The van der Waals surface area contributed by atoms with E-state index < -0.39 is 5.92 Å². The van der Waals surface area contributed by atoms with Gasteiger partial charge in [-0.1, -0.05) is 6.07 Å². The fourth-order valence-corrected chi connectivity index (χ4v) is 2.97. The molecule has 0 saturated heterocycles. The van der Waals surface area contributed by atoms with Crippen molar-refractivity contribution in [2.45, 2.75) is 12.8 Å². The molecule has 5 heteroatoms. The van der Waals surface area contributed by atoms with Crippen molar-refractivity contribution in [3.05, 3.63) is 45.6 Å². The van der Waals surface area contributed by atoms with E-state index in [0.717, 1.165) is 5.56 Å². The number of hydrogen-bond acceptors (Lipinski definition) is 5. The van der Waals surface area contributed by atoms with Crippen LogP contribution in [0.15, 0.2) is 29.6 Å². The molecule has 21 heavy (non-hydrogen) atoms. The van der Waals surface area contributed by atoms with Crippen LogP contribution >= 0.6 is 11.3 Å². The van der Waals surface area contributed by atoms with Crippen LogP contribution in [0.1, 0.15) is 26.7 Å². The molecule has 0 radical (unpaired) electrons. The van der Waals surface area contributed by atoms with E-state index in [1.165, 1.54) is 18.4 Å². The first kappa shape index (κ1) is 15.1. The van der Waals surface area contributed by atoms with Crippen molar-refractivity contribution in [1.29, 1.82) is 5.26 Å². The van der Waals surface area contributed by atoms with Gasteiger partial charge in [0.05, 0.1) is 25.2 Å². The number of nitrogens with zero attached hydrogens (tertiary/aromatic N) is 1. The highest BCUT2D eigenvalue weighted by molar-refractivity contribution is 7.12. The fraction of sp³-hybridized carbons (Fsp3) is 0.250. The van der Waals surface area contributed by atoms with Gasteiger partial charge in [0.25, 0.3) is 0 Å². The topological polar surface area (TPSA) is 59.3 Å². The number of carbonyl (C=O) groups is 1. The van der Waals surface area contributed by atoms with Gasteiger partial charge in [0.2, 0.25) is 0 Å². The van der Waals surface area contributed by atoms with Crippen LogP contribution in [0.4, 0.5) is 0 Å². The number of aryl methyl sites for hydroxylation is 1. The highest BCUT2D eigenvalue weighted by Gasteiger charge is 2.25. The zero-order valence-electron chi connectivity index (χ0n) is 12.0. The van der Waals surface area contributed by atoms with Crippen molar-refractivity contribution in [2.24, 2.45) is 0 Å². The van der Waals surface area contributed by atoms with E-state index in [-0.39, 0.29) is 5.78 Å². The molecular formula is C16H15NO3S. The Morgan fingerprint density at radius 3 is 2.48 bits per heavy atom. The molecule has 1 heterocycles. The van der Waals surface area contributed by atoms with E-state index in [4.69, 9.17) is 9.47 Å². The van der Waals surface area contributed by atoms with Gasteiger partial charge >= 0.3 is 0 Å². The van der Waals surface area contributed by atoms with Crippen LogP contribution in [-0.4, -0.2) is 20.0 Å². The lowest BCUT2D eigenvalue weighted by Crippen LogP contribution is -2.11. The second kappa shape index (κ2) is 6.42. The molecule has 108 valence electrons. The summed E-state index contributed by atoms with van der Waals surface area (Å²) < 4.78 is 10.4. The van der Waals surface area contributed by atoms with Crippen LogP contribution in [0, 0.1) is 18.3 Å². The first-order valence-electron chi connectivity index (χ1n) is 6.32. The third-order valence-corrected chi connectivity index (χ3v) is 4.25. The van der Waals surface area contributed by atoms with Crippen LogP contribution in [-0.2, 0) is 0 Å². The molecule has 1 atom stereocenters. The van der Waals surface area contributed by atoms with E-state index in [9.17, 15) is 10.1 Å². The molecule has 0 aliphatic rings. The fourth-order valence-electron chi connectivity index (χ4n) is 2.07. The highest BCUT2D eigenvalue weighted by atomic mass is 32.1. The molecule has 0 bridgehead atoms.